The van der Waals surface area contributed by atoms with Gasteiger partial charge in [0.15, 0.2) is 12.2 Å². The summed E-state index contributed by atoms with van der Waals surface area (Å²) < 4.78 is 68.0. The van der Waals surface area contributed by atoms with E-state index in [1.807, 2.05) is 0 Å². The molecule has 498 valence electrons. The number of unbranched alkanes of at least 4 members (excludes halogenated alkanes) is 26. The Kier molecular flexibility index (Phi) is 53.9. The van der Waals surface area contributed by atoms with Gasteiger partial charge in [-0.15, -0.1) is 0 Å². The molecule has 0 spiro atoms. The Labute approximate surface area is 511 Å². The van der Waals surface area contributed by atoms with Crippen LogP contribution in [-0.2, 0) is 65.4 Å². The topological polar surface area (TPSA) is 237 Å². The van der Waals surface area contributed by atoms with E-state index >= 15 is 0 Å². The summed E-state index contributed by atoms with van der Waals surface area (Å²) in [5.74, 6) is 0.786. The van der Waals surface area contributed by atoms with Crippen LogP contribution in [0.25, 0.3) is 0 Å². The van der Waals surface area contributed by atoms with Crippen molar-refractivity contribution in [2.45, 2.75) is 331 Å². The summed E-state index contributed by atoms with van der Waals surface area (Å²) in [5.41, 5.74) is 0. The van der Waals surface area contributed by atoms with Gasteiger partial charge < -0.3 is 33.8 Å². The van der Waals surface area contributed by atoms with Gasteiger partial charge in [-0.05, 0) is 49.4 Å². The first-order valence-electron chi connectivity index (χ1n) is 33.8. The molecule has 84 heavy (non-hydrogen) atoms. The van der Waals surface area contributed by atoms with E-state index in [2.05, 4.69) is 55.4 Å². The smallest absolute Gasteiger partial charge is 0.462 e. The maximum Gasteiger partial charge on any atom is 0.472 e. The van der Waals surface area contributed by atoms with Crippen LogP contribution >= 0.6 is 15.6 Å². The minimum absolute atomic E-state index is 0.102. The molecule has 0 aromatic heterocycles. The molecule has 0 aromatic carbocycles. The zero-order valence-electron chi connectivity index (χ0n) is 54.5. The second-order valence-corrected chi connectivity index (χ2v) is 27.8. The van der Waals surface area contributed by atoms with Crippen molar-refractivity contribution in [3.63, 3.8) is 0 Å². The van der Waals surface area contributed by atoms with Crippen LogP contribution in [0.15, 0.2) is 0 Å². The number of hydrogen-bond acceptors (Lipinski definition) is 15. The van der Waals surface area contributed by atoms with Gasteiger partial charge in [0.1, 0.15) is 19.3 Å². The number of hydrogen-bond donors (Lipinski definition) is 3. The molecule has 0 amide bonds. The Hall–Kier alpha value is -1.94. The second kappa shape index (κ2) is 55.2. The van der Waals surface area contributed by atoms with Gasteiger partial charge in [-0.1, -0.05) is 261 Å². The van der Waals surface area contributed by atoms with E-state index in [9.17, 15) is 43.2 Å². The molecule has 0 radical (unpaired) electrons. The molecule has 0 heterocycles. The van der Waals surface area contributed by atoms with Gasteiger partial charge in [-0.25, -0.2) is 9.13 Å². The Morgan fingerprint density at radius 2 is 0.571 bits per heavy atom. The van der Waals surface area contributed by atoms with Crippen molar-refractivity contribution < 1.29 is 80.2 Å². The lowest BCUT2D eigenvalue weighted by molar-refractivity contribution is -0.161. The lowest BCUT2D eigenvalue weighted by Crippen LogP contribution is -2.30. The number of ether oxygens (including phenoxy) is 4. The molecule has 0 saturated heterocycles. The summed E-state index contributed by atoms with van der Waals surface area (Å²) in [6.45, 7) is 14.0. The number of carbonyl (C=O) groups is 4. The van der Waals surface area contributed by atoms with Gasteiger partial charge >= 0.3 is 39.5 Å². The average Bonchev–Trinajstić information content (AvgIpc) is 3.48. The molecule has 0 fully saturated rings. The second-order valence-electron chi connectivity index (χ2n) is 24.9. The maximum atomic E-state index is 13.0. The van der Waals surface area contributed by atoms with Gasteiger partial charge in [0, 0.05) is 25.7 Å². The predicted molar refractivity (Wildman–Crippen MR) is 335 cm³/mol. The first-order chi connectivity index (χ1) is 40.2. The number of esters is 4. The minimum Gasteiger partial charge on any atom is -0.462 e. The Morgan fingerprint density at radius 3 is 0.845 bits per heavy atom. The number of rotatable bonds is 62. The lowest BCUT2D eigenvalue weighted by atomic mass is 9.99. The summed E-state index contributed by atoms with van der Waals surface area (Å²) in [4.78, 5) is 72.2. The maximum absolute atomic E-state index is 13.0. The molecule has 0 bridgehead atoms. The molecule has 17 nitrogen and oxygen atoms in total. The SMILES string of the molecule is CCC(C)CCCCCCCCCCC(=O)O[C@H](COC(=O)CCCCCCCCC(C)C)COP(=O)(O)OC[C@H](O)COP(=O)(O)OC[C@@H](COC(=O)CCCCCCCCCCCCC(C)C)OC(=O)CCCCCCCCC(C)CC. The molecule has 19 heteroatoms. The normalized spacial score (nSPS) is 15.1. The monoisotopic (exact) mass is 1240 g/mol. The van der Waals surface area contributed by atoms with Crippen LogP contribution in [0.3, 0.4) is 0 Å². The van der Waals surface area contributed by atoms with Crippen molar-refractivity contribution in [2.24, 2.45) is 23.7 Å². The highest BCUT2D eigenvalue weighted by Gasteiger charge is 2.30. The highest BCUT2D eigenvalue weighted by atomic mass is 31.2. The number of aliphatic hydroxyl groups excluding tert-OH is 1. The van der Waals surface area contributed by atoms with E-state index in [-0.39, 0.29) is 25.7 Å². The first kappa shape index (κ1) is 82.1. The fourth-order valence-electron chi connectivity index (χ4n) is 9.54. The molecular weight excluding hydrogens is 1110 g/mol. The third-order valence-corrected chi connectivity index (χ3v) is 17.4. The van der Waals surface area contributed by atoms with Gasteiger partial charge in [0.05, 0.1) is 26.4 Å². The van der Waals surface area contributed by atoms with E-state index < -0.39 is 97.5 Å². The van der Waals surface area contributed by atoms with Crippen molar-refractivity contribution >= 4 is 39.5 Å². The van der Waals surface area contributed by atoms with Crippen LogP contribution in [0.4, 0.5) is 0 Å². The van der Waals surface area contributed by atoms with Crippen molar-refractivity contribution in [1.29, 1.82) is 0 Å². The summed E-state index contributed by atoms with van der Waals surface area (Å²) in [5, 5.41) is 10.5. The van der Waals surface area contributed by atoms with E-state index in [0.717, 1.165) is 114 Å². The molecule has 0 aliphatic rings. The zero-order valence-corrected chi connectivity index (χ0v) is 56.3. The number of phosphoric acid groups is 2. The molecule has 0 aliphatic heterocycles. The molecule has 0 aliphatic carbocycles. The van der Waals surface area contributed by atoms with E-state index in [0.29, 0.717) is 31.6 Å². The first-order valence-corrected chi connectivity index (χ1v) is 36.8. The molecule has 7 atom stereocenters. The molecular formula is C65H126O17P2. The summed E-state index contributed by atoms with van der Waals surface area (Å²) in [6, 6.07) is 0. The summed E-state index contributed by atoms with van der Waals surface area (Å²) in [6.07, 6.45) is 35.0. The van der Waals surface area contributed by atoms with Crippen molar-refractivity contribution in [1.82, 2.24) is 0 Å². The molecule has 0 saturated carbocycles. The molecule has 3 N–H and O–H groups in total. The Balaban J connectivity index is 5.25. The minimum atomic E-state index is -4.95. The molecule has 4 unspecified atom stereocenters. The van der Waals surface area contributed by atoms with Crippen LogP contribution in [0.5, 0.6) is 0 Å². The van der Waals surface area contributed by atoms with Crippen LogP contribution in [0.1, 0.15) is 312 Å². The van der Waals surface area contributed by atoms with Crippen LogP contribution < -0.4 is 0 Å². The number of phosphoric ester groups is 2. The standard InChI is InChI=1S/C65H126O17P2/c1-9-57(7)43-35-27-18-15-16-20-31-39-47-64(69)81-60(52-76-63(68)46-38-30-23-21-26-34-42-56(5)6)53-79-83(71,72)77-49-59(66)50-78-84(73,74)80-54-61(82-65(70)48-40-32-24-22-28-36-44-58(8)10-2)51-75-62(67)45-37-29-19-14-12-11-13-17-25-33-41-55(3)4/h55-61,66H,9-54H2,1-8H3,(H,71,72)(H,73,74)/t57?,58?,59-,60+,61+/m0/s1. The number of carbonyl (C=O) groups excluding carboxylic acids is 4. The van der Waals surface area contributed by atoms with E-state index in [1.54, 1.807) is 0 Å². The van der Waals surface area contributed by atoms with E-state index in [4.69, 9.17) is 37.0 Å². The Bertz CT molecular complexity index is 1680. The fraction of sp³-hybridized carbons (Fsp3) is 0.938. The van der Waals surface area contributed by atoms with E-state index in [1.165, 1.54) is 109 Å². The lowest BCUT2D eigenvalue weighted by Gasteiger charge is -2.21. The van der Waals surface area contributed by atoms with Gasteiger partial charge in [-0.3, -0.25) is 37.3 Å². The molecule has 0 rings (SSSR count). The van der Waals surface area contributed by atoms with Gasteiger partial charge in [0.2, 0.25) is 0 Å². The third kappa shape index (κ3) is 56.6. The van der Waals surface area contributed by atoms with Crippen molar-refractivity contribution in [3.05, 3.63) is 0 Å². The highest BCUT2D eigenvalue weighted by molar-refractivity contribution is 7.47. The zero-order chi connectivity index (χ0) is 62.5. The Morgan fingerprint density at radius 1 is 0.333 bits per heavy atom. The highest BCUT2D eigenvalue weighted by Crippen LogP contribution is 2.45. The molecule has 0 aromatic rings. The van der Waals surface area contributed by atoms with Crippen LogP contribution in [0.2, 0.25) is 0 Å². The van der Waals surface area contributed by atoms with Gasteiger partial charge in [-0.2, -0.15) is 0 Å². The average molecular weight is 1240 g/mol. The van der Waals surface area contributed by atoms with Crippen molar-refractivity contribution in [3.8, 4) is 0 Å². The number of aliphatic hydroxyl groups is 1. The van der Waals surface area contributed by atoms with Crippen LogP contribution in [-0.4, -0.2) is 96.7 Å². The fourth-order valence-corrected chi connectivity index (χ4v) is 11.1. The largest absolute Gasteiger partial charge is 0.472 e. The van der Waals surface area contributed by atoms with Crippen molar-refractivity contribution in [2.75, 3.05) is 39.6 Å². The quantitative estimate of drug-likeness (QED) is 0.0222. The van der Waals surface area contributed by atoms with Crippen LogP contribution in [0, 0.1) is 23.7 Å². The summed E-state index contributed by atoms with van der Waals surface area (Å²) in [7, 11) is -9.89. The van der Waals surface area contributed by atoms with Gasteiger partial charge in [0.25, 0.3) is 0 Å². The summed E-state index contributed by atoms with van der Waals surface area (Å²) >= 11 is 0. The third-order valence-electron chi connectivity index (χ3n) is 15.5. The predicted octanol–water partition coefficient (Wildman–Crippen LogP) is 17.8.